The van der Waals surface area contributed by atoms with Gasteiger partial charge < -0.3 is 9.84 Å². The van der Waals surface area contributed by atoms with E-state index < -0.39 is 6.16 Å². The minimum Gasteiger partial charge on any atom is -0.449 e. The molecule has 4 bridgehead atoms. The Bertz CT molecular complexity index is 852. The third-order valence-electron chi connectivity index (χ3n) is 7.19. The molecular formula is C23H25NO3. The molecule has 4 aliphatic rings. The molecular weight excluding hydrogens is 338 g/mol. The quantitative estimate of drug-likeness (QED) is 0.723. The zero-order chi connectivity index (χ0) is 18.6. The first-order chi connectivity index (χ1) is 13.0. The highest BCUT2D eigenvalue weighted by atomic mass is 16.7. The molecule has 4 saturated carbocycles. The van der Waals surface area contributed by atoms with E-state index in [1.54, 1.807) is 6.20 Å². The highest BCUT2D eigenvalue weighted by Crippen LogP contribution is 2.60. The predicted molar refractivity (Wildman–Crippen MR) is 103 cm³/mol. The molecule has 0 saturated heterocycles. The second-order valence-corrected chi connectivity index (χ2v) is 8.93. The highest BCUT2D eigenvalue weighted by molar-refractivity contribution is 5.70. The molecule has 1 N–H and O–H groups in total. The lowest BCUT2D eigenvalue weighted by Gasteiger charge is -2.57. The van der Waals surface area contributed by atoms with Crippen LogP contribution in [0, 0.1) is 24.7 Å². The number of pyridine rings is 1. The number of carbonyl (C=O) groups is 1. The van der Waals surface area contributed by atoms with E-state index in [1.807, 2.05) is 13.0 Å². The van der Waals surface area contributed by atoms with E-state index in [2.05, 4.69) is 29.2 Å². The van der Waals surface area contributed by atoms with Crippen LogP contribution in [0.3, 0.4) is 0 Å². The van der Waals surface area contributed by atoms with Gasteiger partial charge in [0.2, 0.25) is 5.88 Å². The van der Waals surface area contributed by atoms with Crippen molar-refractivity contribution in [3.8, 4) is 17.0 Å². The van der Waals surface area contributed by atoms with Crippen molar-refractivity contribution in [3.63, 3.8) is 0 Å². The van der Waals surface area contributed by atoms with Gasteiger partial charge in [-0.15, -0.1) is 0 Å². The number of ether oxygens (including phenoxy) is 1. The first-order valence-electron chi connectivity index (χ1n) is 10.00. The first-order valence-corrected chi connectivity index (χ1v) is 10.00. The van der Waals surface area contributed by atoms with Crippen molar-refractivity contribution in [1.29, 1.82) is 0 Å². The Kier molecular flexibility index (Phi) is 3.78. The number of aromatic nitrogens is 1. The van der Waals surface area contributed by atoms with E-state index >= 15 is 0 Å². The van der Waals surface area contributed by atoms with Gasteiger partial charge in [-0.2, -0.15) is 0 Å². The molecule has 0 aliphatic heterocycles. The smallest absolute Gasteiger partial charge is 0.449 e. The van der Waals surface area contributed by atoms with Crippen molar-refractivity contribution < 1.29 is 14.6 Å². The van der Waals surface area contributed by atoms with E-state index in [9.17, 15) is 4.79 Å². The number of carboxylic acid groups (broad SMARTS) is 1. The molecule has 1 heterocycles. The molecule has 0 spiro atoms. The summed E-state index contributed by atoms with van der Waals surface area (Å²) in [6.07, 6.45) is 8.74. The van der Waals surface area contributed by atoms with Gasteiger partial charge in [0.25, 0.3) is 0 Å². The zero-order valence-electron chi connectivity index (χ0n) is 15.6. The first kappa shape index (κ1) is 16.8. The molecule has 0 amide bonds. The van der Waals surface area contributed by atoms with Crippen LogP contribution in [0.2, 0.25) is 0 Å². The summed E-state index contributed by atoms with van der Waals surface area (Å²) in [5, 5.41) is 8.88. The summed E-state index contributed by atoms with van der Waals surface area (Å²) in [4.78, 5) is 14.9. The molecule has 0 radical (unpaired) electrons. The number of rotatable bonds is 3. The maximum atomic E-state index is 10.9. The lowest BCUT2D eigenvalue weighted by Crippen LogP contribution is -2.48. The van der Waals surface area contributed by atoms with Crippen molar-refractivity contribution in [1.82, 2.24) is 4.98 Å². The van der Waals surface area contributed by atoms with Crippen LogP contribution in [0.15, 0.2) is 36.5 Å². The molecule has 140 valence electrons. The molecule has 0 atom stereocenters. The van der Waals surface area contributed by atoms with Crippen LogP contribution in [0.4, 0.5) is 4.79 Å². The molecule has 1 aromatic carbocycles. The molecule has 4 aliphatic carbocycles. The van der Waals surface area contributed by atoms with E-state index in [-0.39, 0.29) is 5.88 Å². The van der Waals surface area contributed by atoms with E-state index in [0.717, 1.165) is 34.4 Å². The van der Waals surface area contributed by atoms with Gasteiger partial charge in [-0.05, 0) is 91.4 Å². The van der Waals surface area contributed by atoms with Gasteiger partial charge in [0.1, 0.15) is 0 Å². The topological polar surface area (TPSA) is 59.4 Å². The minimum absolute atomic E-state index is 0.158. The summed E-state index contributed by atoms with van der Waals surface area (Å²) in [6.45, 7) is 1.85. The Balaban J connectivity index is 1.46. The summed E-state index contributed by atoms with van der Waals surface area (Å²) in [6, 6.07) is 10.9. The Labute approximate surface area is 159 Å². The molecule has 2 aromatic rings. The summed E-state index contributed by atoms with van der Waals surface area (Å²) in [5.74, 6) is 2.97. The average molecular weight is 363 g/mol. The van der Waals surface area contributed by atoms with Gasteiger partial charge in [0.05, 0.1) is 0 Å². The normalized spacial score (nSPS) is 31.1. The SMILES string of the molecule is Cc1c(-c2ccc(C34CC5CC(CC(C5)C3)C4)cc2)ccnc1OC(=O)O. The summed E-state index contributed by atoms with van der Waals surface area (Å²) in [5.41, 5.74) is 4.71. The average Bonchev–Trinajstić information content (AvgIpc) is 2.62. The molecule has 0 unspecified atom stereocenters. The second kappa shape index (κ2) is 6.08. The van der Waals surface area contributed by atoms with E-state index in [0.29, 0.717) is 5.41 Å². The third-order valence-corrected chi connectivity index (χ3v) is 7.19. The third kappa shape index (κ3) is 2.82. The van der Waals surface area contributed by atoms with Crippen molar-refractivity contribution in [2.24, 2.45) is 17.8 Å². The van der Waals surface area contributed by atoms with Gasteiger partial charge in [-0.25, -0.2) is 9.78 Å². The van der Waals surface area contributed by atoms with Crippen LogP contribution in [0.5, 0.6) is 5.88 Å². The Morgan fingerprint density at radius 1 is 1.04 bits per heavy atom. The Morgan fingerprint density at radius 3 is 2.19 bits per heavy atom. The van der Waals surface area contributed by atoms with Gasteiger partial charge in [0, 0.05) is 11.8 Å². The standard InChI is InChI=1S/C23H25NO3/c1-14-20(6-7-24-21(14)27-22(25)26)18-2-4-19(5-3-18)23-11-15-8-16(12-23)10-17(9-15)13-23/h2-7,15-17H,8-13H2,1H3,(H,25,26). The fourth-order valence-electron chi connectivity index (χ4n) is 6.48. The van der Waals surface area contributed by atoms with Crippen LogP contribution in [0.1, 0.15) is 49.7 Å². The van der Waals surface area contributed by atoms with Gasteiger partial charge >= 0.3 is 6.16 Å². The van der Waals surface area contributed by atoms with Crippen LogP contribution in [-0.2, 0) is 5.41 Å². The fourth-order valence-corrected chi connectivity index (χ4v) is 6.48. The maximum Gasteiger partial charge on any atom is 0.512 e. The summed E-state index contributed by atoms with van der Waals surface area (Å²) >= 11 is 0. The maximum absolute atomic E-state index is 10.9. The molecule has 4 fully saturated rings. The van der Waals surface area contributed by atoms with Crippen LogP contribution in [0.25, 0.3) is 11.1 Å². The second-order valence-electron chi connectivity index (χ2n) is 8.93. The largest absolute Gasteiger partial charge is 0.512 e. The molecule has 4 nitrogen and oxygen atoms in total. The number of nitrogens with zero attached hydrogens (tertiary/aromatic N) is 1. The number of hydrogen-bond acceptors (Lipinski definition) is 3. The van der Waals surface area contributed by atoms with Gasteiger partial charge in [-0.3, -0.25) is 0 Å². The van der Waals surface area contributed by atoms with Crippen molar-refractivity contribution in [2.75, 3.05) is 0 Å². The van der Waals surface area contributed by atoms with Crippen LogP contribution >= 0.6 is 0 Å². The molecule has 6 rings (SSSR count). The van der Waals surface area contributed by atoms with Crippen molar-refractivity contribution in [3.05, 3.63) is 47.7 Å². The highest BCUT2D eigenvalue weighted by Gasteiger charge is 2.51. The van der Waals surface area contributed by atoms with Crippen molar-refractivity contribution in [2.45, 2.75) is 50.9 Å². The Morgan fingerprint density at radius 2 is 1.63 bits per heavy atom. The lowest BCUT2D eigenvalue weighted by atomic mass is 9.48. The van der Waals surface area contributed by atoms with Gasteiger partial charge in [-0.1, -0.05) is 24.3 Å². The monoisotopic (exact) mass is 363 g/mol. The van der Waals surface area contributed by atoms with Crippen LogP contribution < -0.4 is 4.74 Å². The lowest BCUT2D eigenvalue weighted by molar-refractivity contribution is -0.00518. The fraction of sp³-hybridized carbons (Fsp3) is 0.478. The molecule has 27 heavy (non-hydrogen) atoms. The van der Waals surface area contributed by atoms with E-state index in [1.165, 1.54) is 44.1 Å². The summed E-state index contributed by atoms with van der Waals surface area (Å²) in [7, 11) is 0. The predicted octanol–water partition coefficient (Wildman–Crippen LogP) is 5.58. The minimum atomic E-state index is -1.33. The number of benzene rings is 1. The van der Waals surface area contributed by atoms with Gasteiger partial charge in [0.15, 0.2) is 0 Å². The van der Waals surface area contributed by atoms with Crippen LogP contribution in [-0.4, -0.2) is 16.2 Å². The summed E-state index contributed by atoms with van der Waals surface area (Å²) < 4.78 is 4.80. The molecule has 4 heteroatoms. The Hall–Kier alpha value is -2.36. The molecule has 1 aromatic heterocycles. The van der Waals surface area contributed by atoms with E-state index in [4.69, 9.17) is 9.84 Å². The van der Waals surface area contributed by atoms with Crippen molar-refractivity contribution >= 4 is 6.16 Å². The zero-order valence-corrected chi connectivity index (χ0v) is 15.6. The number of hydrogen-bond donors (Lipinski definition) is 1.